The van der Waals surface area contributed by atoms with Gasteiger partial charge in [-0.1, -0.05) is 16.8 Å². The van der Waals surface area contributed by atoms with Gasteiger partial charge in [-0.15, -0.1) is 0 Å². The molecule has 1 aliphatic heterocycles. The molecular formula is C19H23ClN4O3. The topological polar surface area (TPSA) is 78.7 Å². The highest BCUT2D eigenvalue weighted by Crippen LogP contribution is 2.31. The number of hydrogen-bond acceptors (Lipinski definition) is 4. The summed E-state index contributed by atoms with van der Waals surface area (Å²) in [5, 5.41) is 8.38. The van der Waals surface area contributed by atoms with E-state index in [2.05, 4.69) is 10.5 Å². The molecule has 1 saturated heterocycles. The third kappa shape index (κ3) is 3.88. The first-order valence-corrected chi connectivity index (χ1v) is 9.76. The Morgan fingerprint density at radius 1 is 1.33 bits per heavy atom. The van der Waals surface area contributed by atoms with Crippen LogP contribution in [0.4, 0.5) is 4.79 Å². The minimum absolute atomic E-state index is 0.0658. The van der Waals surface area contributed by atoms with Crippen molar-refractivity contribution in [3.05, 3.63) is 29.0 Å². The molecule has 1 atom stereocenters. The summed E-state index contributed by atoms with van der Waals surface area (Å²) in [4.78, 5) is 28.4. The van der Waals surface area contributed by atoms with E-state index in [1.165, 1.54) is 0 Å². The summed E-state index contributed by atoms with van der Waals surface area (Å²) in [5.41, 5.74) is 0.715. The van der Waals surface area contributed by atoms with E-state index >= 15 is 0 Å². The van der Waals surface area contributed by atoms with Crippen molar-refractivity contribution in [1.82, 2.24) is 20.3 Å². The first-order valence-electron chi connectivity index (χ1n) is 9.38. The maximum absolute atomic E-state index is 12.9. The van der Waals surface area contributed by atoms with Crippen LogP contribution >= 0.6 is 11.6 Å². The number of nitrogens with one attached hydrogen (secondary N) is 1. The van der Waals surface area contributed by atoms with Crippen molar-refractivity contribution in [1.29, 1.82) is 0 Å². The molecule has 2 heterocycles. The van der Waals surface area contributed by atoms with Gasteiger partial charge in [0.1, 0.15) is 5.52 Å². The molecule has 2 fully saturated rings. The van der Waals surface area contributed by atoms with E-state index in [9.17, 15) is 9.59 Å². The Morgan fingerprint density at radius 3 is 2.89 bits per heavy atom. The Labute approximate surface area is 162 Å². The highest BCUT2D eigenvalue weighted by atomic mass is 35.5. The standard InChI is InChI=1S/C19H23ClN4O3/c1-12(25)23-8-2-3-15(11-23)24(14-5-6-14)19(26)21-10-18-16-9-13(20)4-7-17(16)22-27-18/h4,7,9,14-15H,2-3,5-6,8,10-11H2,1H3,(H,21,26). The molecule has 1 N–H and O–H groups in total. The second-order valence-electron chi connectivity index (χ2n) is 7.33. The summed E-state index contributed by atoms with van der Waals surface area (Å²) in [6.45, 7) is 3.23. The highest BCUT2D eigenvalue weighted by molar-refractivity contribution is 6.31. The van der Waals surface area contributed by atoms with Crippen LogP contribution in [0.3, 0.4) is 0 Å². The number of nitrogens with zero attached hydrogens (tertiary/aromatic N) is 3. The molecule has 2 aromatic rings. The van der Waals surface area contributed by atoms with Crippen LogP contribution in [-0.4, -0.2) is 52.1 Å². The maximum atomic E-state index is 12.9. The second kappa shape index (κ2) is 7.38. The van der Waals surface area contributed by atoms with Crippen molar-refractivity contribution >= 4 is 34.4 Å². The van der Waals surface area contributed by atoms with Crippen LogP contribution in [0.2, 0.25) is 5.02 Å². The molecule has 1 aromatic carbocycles. The predicted octanol–water partition coefficient (Wildman–Crippen LogP) is 3.17. The summed E-state index contributed by atoms with van der Waals surface area (Å²) in [6, 6.07) is 5.56. The molecule has 4 rings (SSSR count). The van der Waals surface area contributed by atoms with Gasteiger partial charge in [0.05, 0.1) is 12.6 Å². The molecule has 0 bridgehead atoms. The van der Waals surface area contributed by atoms with Crippen molar-refractivity contribution in [3.63, 3.8) is 0 Å². The summed E-state index contributed by atoms with van der Waals surface area (Å²) in [6.07, 6.45) is 3.89. The zero-order valence-electron chi connectivity index (χ0n) is 15.3. The van der Waals surface area contributed by atoms with Crippen LogP contribution in [0.1, 0.15) is 38.4 Å². The molecule has 0 spiro atoms. The number of halogens is 1. The van der Waals surface area contributed by atoms with Crippen LogP contribution < -0.4 is 5.32 Å². The highest BCUT2D eigenvalue weighted by Gasteiger charge is 2.39. The van der Waals surface area contributed by atoms with E-state index in [0.717, 1.165) is 37.6 Å². The van der Waals surface area contributed by atoms with Gasteiger partial charge in [0.25, 0.3) is 0 Å². The number of likely N-dealkylation sites (tertiary alicyclic amines) is 1. The lowest BCUT2D eigenvalue weighted by atomic mass is 10.0. The third-order valence-corrected chi connectivity index (χ3v) is 5.56. The normalized spacial score (nSPS) is 19.9. The number of urea groups is 1. The van der Waals surface area contributed by atoms with E-state index < -0.39 is 0 Å². The SMILES string of the molecule is CC(=O)N1CCCC(N(C(=O)NCc2onc3ccc(Cl)cc23)C2CC2)C1. The third-order valence-electron chi connectivity index (χ3n) is 5.32. The van der Waals surface area contributed by atoms with Crippen molar-refractivity contribution in [3.8, 4) is 0 Å². The van der Waals surface area contributed by atoms with Crippen LogP contribution in [0.25, 0.3) is 10.9 Å². The molecule has 1 unspecified atom stereocenters. The quantitative estimate of drug-likeness (QED) is 0.869. The number of fused-ring (bicyclic) bond motifs is 1. The van der Waals surface area contributed by atoms with Gasteiger partial charge >= 0.3 is 6.03 Å². The van der Waals surface area contributed by atoms with Crippen LogP contribution in [0.15, 0.2) is 22.7 Å². The molecule has 8 heteroatoms. The Hall–Kier alpha value is -2.28. The molecular weight excluding hydrogens is 368 g/mol. The van der Waals surface area contributed by atoms with Gasteiger partial charge in [-0.05, 0) is 43.9 Å². The molecule has 27 heavy (non-hydrogen) atoms. The number of benzene rings is 1. The van der Waals surface area contributed by atoms with E-state index in [4.69, 9.17) is 16.1 Å². The first kappa shape index (κ1) is 18.1. The van der Waals surface area contributed by atoms with Gasteiger partial charge in [-0.2, -0.15) is 0 Å². The lowest BCUT2D eigenvalue weighted by Gasteiger charge is -2.39. The van der Waals surface area contributed by atoms with Crippen molar-refractivity contribution in [2.75, 3.05) is 13.1 Å². The van der Waals surface area contributed by atoms with Crippen LogP contribution in [-0.2, 0) is 11.3 Å². The first-order chi connectivity index (χ1) is 13.0. The number of amides is 3. The average molecular weight is 391 g/mol. The number of carbonyl (C=O) groups is 2. The minimum Gasteiger partial charge on any atom is -0.358 e. The predicted molar refractivity (Wildman–Crippen MR) is 101 cm³/mol. The monoisotopic (exact) mass is 390 g/mol. The van der Waals surface area contributed by atoms with Crippen molar-refractivity contribution < 1.29 is 14.1 Å². The molecule has 1 aliphatic carbocycles. The number of carbonyl (C=O) groups excluding carboxylic acids is 2. The van der Waals surface area contributed by atoms with E-state index in [-0.39, 0.29) is 30.6 Å². The van der Waals surface area contributed by atoms with Gasteiger partial charge < -0.3 is 19.6 Å². The van der Waals surface area contributed by atoms with Crippen LogP contribution in [0, 0.1) is 0 Å². The Kier molecular flexibility index (Phi) is 4.95. The van der Waals surface area contributed by atoms with Gasteiger partial charge in [0.2, 0.25) is 5.91 Å². The van der Waals surface area contributed by atoms with Crippen molar-refractivity contribution in [2.45, 2.75) is 51.2 Å². The number of hydrogen-bond donors (Lipinski definition) is 1. The Morgan fingerprint density at radius 2 is 2.15 bits per heavy atom. The fourth-order valence-electron chi connectivity index (χ4n) is 3.79. The second-order valence-corrected chi connectivity index (χ2v) is 7.76. The fourth-order valence-corrected chi connectivity index (χ4v) is 3.96. The van der Waals surface area contributed by atoms with E-state index in [1.807, 2.05) is 9.80 Å². The summed E-state index contributed by atoms with van der Waals surface area (Å²) in [5.74, 6) is 0.659. The molecule has 2 aliphatic rings. The van der Waals surface area contributed by atoms with E-state index in [0.29, 0.717) is 22.8 Å². The molecule has 1 aromatic heterocycles. The lowest BCUT2D eigenvalue weighted by Crippen LogP contribution is -2.54. The number of rotatable bonds is 4. The smallest absolute Gasteiger partial charge is 0.318 e. The largest absolute Gasteiger partial charge is 0.358 e. The van der Waals surface area contributed by atoms with Gasteiger partial charge in [0, 0.05) is 36.5 Å². The summed E-state index contributed by atoms with van der Waals surface area (Å²) < 4.78 is 5.38. The molecule has 3 amide bonds. The van der Waals surface area contributed by atoms with Crippen LogP contribution in [0.5, 0.6) is 0 Å². The molecule has 0 radical (unpaired) electrons. The lowest BCUT2D eigenvalue weighted by molar-refractivity contribution is -0.130. The molecule has 7 nitrogen and oxygen atoms in total. The Bertz CT molecular complexity index is 864. The summed E-state index contributed by atoms with van der Waals surface area (Å²) in [7, 11) is 0. The average Bonchev–Trinajstić information content (AvgIpc) is 3.40. The number of aromatic nitrogens is 1. The zero-order chi connectivity index (χ0) is 19.0. The molecule has 144 valence electrons. The Balaban J connectivity index is 1.45. The summed E-state index contributed by atoms with van der Waals surface area (Å²) >= 11 is 6.05. The van der Waals surface area contributed by atoms with E-state index in [1.54, 1.807) is 25.1 Å². The van der Waals surface area contributed by atoms with Gasteiger partial charge in [-0.25, -0.2) is 4.79 Å². The maximum Gasteiger partial charge on any atom is 0.318 e. The number of piperidine rings is 1. The molecule has 1 saturated carbocycles. The van der Waals surface area contributed by atoms with Gasteiger partial charge in [-0.3, -0.25) is 4.79 Å². The zero-order valence-corrected chi connectivity index (χ0v) is 16.0. The van der Waals surface area contributed by atoms with Crippen molar-refractivity contribution in [2.24, 2.45) is 0 Å². The fraction of sp³-hybridized carbons (Fsp3) is 0.526. The minimum atomic E-state index is -0.112. The van der Waals surface area contributed by atoms with Gasteiger partial charge in [0.15, 0.2) is 5.76 Å².